The second-order valence-electron chi connectivity index (χ2n) is 2.98. The maximum atomic E-state index is 10.9. The van der Waals surface area contributed by atoms with E-state index >= 15 is 0 Å². The Hall–Kier alpha value is -0.290. The van der Waals surface area contributed by atoms with Gasteiger partial charge in [0.25, 0.3) is 0 Å². The molecule has 4 nitrogen and oxygen atoms in total. The third-order valence-corrected chi connectivity index (χ3v) is 3.97. The van der Waals surface area contributed by atoms with Crippen LogP contribution in [0, 0.1) is 5.92 Å². The van der Waals surface area contributed by atoms with Crippen LogP contribution in [0.4, 0.5) is 0 Å². The van der Waals surface area contributed by atoms with Crippen LogP contribution in [0.1, 0.15) is 26.7 Å². The average molecular weight is 229 g/mol. The summed E-state index contributed by atoms with van der Waals surface area (Å²) in [6.45, 7) is 3.13. The van der Waals surface area contributed by atoms with Gasteiger partial charge in [0.05, 0.1) is 11.2 Å². The average Bonchev–Trinajstić information content (AvgIpc) is 1.96. The molecule has 0 radical (unpaired) electrons. The zero-order valence-corrected chi connectivity index (χ0v) is 9.10. The summed E-state index contributed by atoms with van der Waals surface area (Å²) in [5, 5.41) is 7.79. The highest BCUT2D eigenvalue weighted by molar-refractivity contribution is 8.14. The van der Waals surface area contributed by atoms with Crippen LogP contribution in [0.25, 0.3) is 0 Å². The lowest BCUT2D eigenvalue weighted by molar-refractivity contribution is -0.141. The Morgan fingerprint density at radius 2 is 2.00 bits per heavy atom. The summed E-state index contributed by atoms with van der Waals surface area (Å²) >= 11 is 0. The molecule has 2 atom stereocenters. The predicted molar refractivity (Wildman–Crippen MR) is 50.3 cm³/mol. The molecule has 0 amide bonds. The van der Waals surface area contributed by atoms with Gasteiger partial charge in [0.15, 0.2) is 0 Å². The van der Waals surface area contributed by atoms with E-state index in [1.54, 1.807) is 6.92 Å². The van der Waals surface area contributed by atoms with Crippen LogP contribution >= 0.6 is 10.7 Å². The maximum Gasteiger partial charge on any atom is 0.306 e. The van der Waals surface area contributed by atoms with E-state index in [2.05, 4.69) is 0 Å². The van der Waals surface area contributed by atoms with Crippen LogP contribution < -0.4 is 0 Å². The number of hydrogen-bond donors (Lipinski definition) is 1. The topological polar surface area (TPSA) is 71.4 Å². The Bertz CT molecular complexity index is 272. The Kier molecular flexibility index (Phi) is 4.70. The molecule has 0 rings (SSSR count). The molecule has 0 saturated heterocycles. The number of carboxylic acids is 1. The molecule has 13 heavy (non-hydrogen) atoms. The van der Waals surface area contributed by atoms with Gasteiger partial charge in [-0.3, -0.25) is 4.79 Å². The first-order valence-electron chi connectivity index (χ1n) is 3.95. The van der Waals surface area contributed by atoms with E-state index in [0.29, 0.717) is 6.42 Å². The second kappa shape index (κ2) is 4.81. The first kappa shape index (κ1) is 12.7. The molecular weight excluding hydrogens is 216 g/mol. The molecule has 0 heterocycles. The maximum absolute atomic E-state index is 10.9. The third-order valence-electron chi connectivity index (χ3n) is 1.89. The van der Waals surface area contributed by atoms with Crippen molar-refractivity contribution in [3.8, 4) is 0 Å². The third kappa shape index (κ3) is 4.47. The standard InChI is InChI=1S/C7H13ClO4S/c1-3-6(13(8,11)12)4-5(2)7(9)10/h5-6H,3-4H2,1-2H3,(H,9,10). The number of halogens is 1. The van der Waals surface area contributed by atoms with E-state index < -0.39 is 26.2 Å². The van der Waals surface area contributed by atoms with E-state index in [4.69, 9.17) is 15.8 Å². The highest BCUT2D eigenvalue weighted by Crippen LogP contribution is 2.19. The molecule has 0 aromatic carbocycles. The molecule has 0 aliphatic heterocycles. The van der Waals surface area contributed by atoms with Gasteiger partial charge in [-0.15, -0.1) is 0 Å². The van der Waals surface area contributed by atoms with Gasteiger partial charge in [0.1, 0.15) is 0 Å². The first-order chi connectivity index (χ1) is 5.79. The summed E-state index contributed by atoms with van der Waals surface area (Å²) in [6, 6.07) is 0. The van der Waals surface area contributed by atoms with Gasteiger partial charge in [0, 0.05) is 10.7 Å². The van der Waals surface area contributed by atoms with Crippen molar-refractivity contribution in [2.75, 3.05) is 0 Å². The zero-order chi connectivity index (χ0) is 10.6. The van der Waals surface area contributed by atoms with Crippen molar-refractivity contribution in [1.82, 2.24) is 0 Å². The minimum atomic E-state index is -3.63. The lowest BCUT2D eigenvalue weighted by atomic mass is 10.0. The fourth-order valence-corrected chi connectivity index (χ4v) is 2.49. The molecule has 0 bridgehead atoms. The number of carbonyl (C=O) groups is 1. The van der Waals surface area contributed by atoms with E-state index in [1.165, 1.54) is 6.92 Å². The van der Waals surface area contributed by atoms with Gasteiger partial charge < -0.3 is 5.11 Å². The van der Waals surface area contributed by atoms with Gasteiger partial charge in [-0.1, -0.05) is 13.8 Å². The Balaban J connectivity index is 4.40. The monoisotopic (exact) mass is 228 g/mol. The van der Waals surface area contributed by atoms with Crippen molar-refractivity contribution < 1.29 is 18.3 Å². The smallest absolute Gasteiger partial charge is 0.306 e. The Morgan fingerprint density at radius 1 is 1.54 bits per heavy atom. The lowest BCUT2D eigenvalue weighted by Crippen LogP contribution is -2.22. The fraction of sp³-hybridized carbons (Fsp3) is 0.857. The molecule has 0 spiro atoms. The van der Waals surface area contributed by atoms with Crippen molar-refractivity contribution in [1.29, 1.82) is 0 Å². The van der Waals surface area contributed by atoms with Gasteiger partial charge in [-0.05, 0) is 12.8 Å². The molecule has 78 valence electrons. The van der Waals surface area contributed by atoms with Crippen molar-refractivity contribution >= 4 is 25.7 Å². The number of carboxylic acid groups (broad SMARTS) is 1. The number of aliphatic carboxylic acids is 1. The van der Waals surface area contributed by atoms with E-state index in [0.717, 1.165) is 0 Å². The fourth-order valence-electron chi connectivity index (χ4n) is 0.976. The largest absolute Gasteiger partial charge is 0.481 e. The van der Waals surface area contributed by atoms with Gasteiger partial charge in [-0.25, -0.2) is 8.42 Å². The highest BCUT2D eigenvalue weighted by atomic mass is 35.7. The molecule has 0 aliphatic rings. The number of hydrogen-bond acceptors (Lipinski definition) is 3. The normalized spacial score (nSPS) is 16.5. The Morgan fingerprint density at radius 3 is 2.23 bits per heavy atom. The molecule has 0 aromatic rings. The van der Waals surface area contributed by atoms with Crippen LogP contribution in [0.15, 0.2) is 0 Å². The molecule has 6 heteroatoms. The summed E-state index contributed by atoms with van der Waals surface area (Å²) in [4.78, 5) is 10.4. The Labute approximate surface area is 82.3 Å². The summed E-state index contributed by atoms with van der Waals surface area (Å²) < 4.78 is 21.8. The molecule has 1 N–H and O–H groups in total. The zero-order valence-electron chi connectivity index (χ0n) is 7.53. The van der Waals surface area contributed by atoms with Crippen molar-refractivity contribution in [3.05, 3.63) is 0 Å². The summed E-state index contributed by atoms with van der Waals surface area (Å²) in [5.74, 6) is -1.68. The van der Waals surface area contributed by atoms with Gasteiger partial charge in [-0.2, -0.15) is 0 Å². The van der Waals surface area contributed by atoms with E-state index in [9.17, 15) is 13.2 Å². The minimum Gasteiger partial charge on any atom is -0.481 e. The van der Waals surface area contributed by atoms with Crippen molar-refractivity contribution in [3.63, 3.8) is 0 Å². The minimum absolute atomic E-state index is 0.0671. The SMILES string of the molecule is CCC(CC(C)C(=O)O)S(=O)(=O)Cl. The van der Waals surface area contributed by atoms with Crippen molar-refractivity contribution in [2.24, 2.45) is 5.92 Å². The molecule has 0 aromatic heterocycles. The predicted octanol–water partition coefficient (Wildman–Crippen LogP) is 1.44. The molecule has 0 fully saturated rings. The molecule has 0 saturated carbocycles. The lowest BCUT2D eigenvalue weighted by Gasteiger charge is -2.13. The quantitative estimate of drug-likeness (QED) is 0.723. The molecular formula is C7H13ClO4S. The highest BCUT2D eigenvalue weighted by Gasteiger charge is 2.25. The van der Waals surface area contributed by atoms with Gasteiger partial charge >= 0.3 is 5.97 Å². The van der Waals surface area contributed by atoms with Crippen LogP contribution in [0.2, 0.25) is 0 Å². The van der Waals surface area contributed by atoms with E-state index in [1.807, 2.05) is 0 Å². The summed E-state index contributed by atoms with van der Waals surface area (Å²) in [5.41, 5.74) is 0. The van der Waals surface area contributed by atoms with E-state index in [-0.39, 0.29) is 6.42 Å². The van der Waals surface area contributed by atoms with Crippen LogP contribution in [-0.2, 0) is 13.8 Å². The van der Waals surface area contributed by atoms with Crippen LogP contribution in [0.3, 0.4) is 0 Å². The molecule has 2 unspecified atom stereocenters. The first-order valence-corrected chi connectivity index (χ1v) is 6.32. The van der Waals surface area contributed by atoms with Crippen LogP contribution in [0.5, 0.6) is 0 Å². The summed E-state index contributed by atoms with van der Waals surface area (Å²) in [7, 11) is 1.49. The number of rotatable bonds is 5. The second-order valence-corrected chi connectivity index (χ2v) is 5.89. The molecule has 0 aliphatic carbocycles. The van der Waals surface area contributed by atoms with Crippen LogP contribution in [-0.4, -0.2) is 24.7 Å². The summed E-state index contributed by atoms with van der Waals surface area (Å²) in [6.07, 6.45) is 0.404. The van der Waals surface area contributed by atoms with Gasteiger partial charge in [0.2, 0.25) is 9.05 Å². The van der Waals surface area contributed by atoms with Crippen molar-refractivity contribution in [2.45, 2.75) is 31.9 Å².